The van der Waals surface area contributed by atoms with Gasteiger partial charge >= 0.3 is 0 Å². The van der Waals surface area contributed by atoms with Crippen LogP contribution in [0, 0.1) is 10.1 Å². The van der Waals surface area contributed by atoms with Crippen molar-refractivity contribution in [3.8, 4) is 5.69 Å². The van der Waals surface area contributed by atoms with Crippen LogP contribution in [0.15, 0.2) is 29.1 Å². The third-order valence-corrected chi connectivity index (χ3v) is 4.12. The molecule has 0 amide bonds. The van der Waals surface area contributed by atoms with Crippen molar-refractivity contribution in [1.29, 1.82) is 0 Å². The van der Waals surface area contributed by atoms with Crippen molar-refractivity contribution < 1.29 is 4.92 Å². The van der Waals surface area contributed by atoms with Gasteiger partial charge in [-0.1, -0.05) is 0 Å². The molecule has 2 heterocycles. The highest BCUT2D eigenvalue weighted by molar-refractivity contribution is 7.98. The molecule has 0 saturated heterocycles. The summed E-state index contributed by atoms with van der Waals surface area (Å²) in [5.41, 5.74) is 2.37. The highest BCUT2D eigenvalue weighted by Gasteiger charge is 2.18. The number of hydrogen-bond donors (Lipinski definition) is 1. The van der Waals surface area contributed by atoms with Gasteiger partial charge in [0.25, 0.3) is 11.2 Å². The van der Waals surface area contributed by atoms with E-state index in [1.807, 2.05) is 0 Å². The second-order valence-corrected chi connectivity index (χ2v) is 5.39. The Hall–Kier alpha value is -2.02. The molecule has 0 atom stereocenters. The second-order valence-electron chi connectivity index (χ2n) is 4.29. The number of nitro benzene ring substituents is 1. The molecule has 0 saturated carbocycles. The van der Waals surface area contributed by atoms with Gasteiger partial charge < -0.3 is 0 Å². The van der Waals surface area contributed by atoms with Crippen LogP contribution in [0.1, 0.15) is 11.3 Å². The van der Waals surface area contributed by atoms with Crippen molar-refractivity contribution in [2.75, 3.05) is 5.75 Å². The second kappa shape index (κ2) is 4.58. The van der Waals surface area contributed by atoms with Crippen LogP contribution in [0.25, 0.3) is 5.69 Å². The summed E-state index contributed by atoms with van der Waals surface area (Å²) in [5, 5.41) is 13.7. The van der Waals surface area contributed by atoms with E-state index in [1.165, 1.54) is 16.8 Å². The van der Waals surface area contributed by atoms with E-state index in [0.717, 1.165) is 29.2 Å². The van der Waals surface area contributed by atoms with Crippen molar-refractivity contribution in [3.05, 3.63) is 56.0 Å². The largest absolute Gasteiger partial charge is 0.295 e. The fourth-order valence-electron chi connectivity index (χ4n) is 2.13. The molecule has 3 rings (SSSR count). The van der Waals surface area contributed by atoms with E-state index >= 15 is 0 Å². The first-order valence-corrected chi connectivity index (χ1v) is 6.97. The molecule has 0 aliphatic carbocycles. The fraction of sp³-hybridized carbons (Fsp3) is 0.250. The summed E-state index contributed by atoms with van der Waals surface area (Å²) in [6, 6.07) is 5.95. The van der Waals surface area contributed by atoms with E-state index in [4.69, 9.17) is 0 Å². The summed E-state index contributed by atoms with van der Waals surface area (Å²) in [7, 11) is 0. The fourth-order valence-corrected chi connectivity index (χ4v) is 3.12. The minimum absolute atomic E-state index is 0.0173. The lowest BCUT2D eigenvalue weighted by atomic mass is 10.2. The van der Waals surface area contributed by atoms with E-state index in [2.05, 4.69) is 5.10 Å². The first kappa shape index (κ1) is 12.0. The summed E-state index contributed by atoms with van der Waals surface area (Å²) in [5.74, 6) is 1.73. The molecule has 1 aliphatic heterocycles. The SMILES string of the molecule is O=c1c2c([nH]n1-c1ccc([N+](=O)[O-])cc1)CCSC2. The molecule has 0 radical (unpaired) electrons. The minimum Gasteiger partial charge on any atom is -0.295 e. The first-order chi connectivity index (χ1) is 9.16. The van der Waals surface area contributed by atoms with Gasteiger partial charge in [-0.05, 0) is 24.3 Å². The van der Waals surface area contributed by atoms with Crippen LogP contribution >= 0.6 is 11.8 Å². The van der Waals surface area contributed by atoms with Crippen LogP contribution in [0.3, 0.4) is 0 Å². The molecule has 98 valence electrons. The maximum absolute atomic E-state index is 12.2. The zero-order valence-corrected chi connectivity index (χ0v) is 10.8. The number of non-ortho nitro benzene ring substituents is 1. The lowest BCUT2D eigenvalue weighted by molar-refractivity contribution is -0.384. The number of rotatable bonds is 2. The van der Waals surface area contributed by atoms with Crippen LogP contribution < -0.4 is 5.56 Å². The van der Waals surface area contributed by atoms with Gasteiger partial charge in [-0.3, -0.25) is 20.0 Å². The van der Waals surface area contributed by atoms with Gasteiger partial charge in [-0.25, -0.2) is 4.68 Å². The predicted octanol–water partition coefficient (Wildman–Crippen LogP) is 1.86. The molecule has 1 aromatic carbocycles. The van der Waals surface area contributed by atoms with Crippen molar-refractivity contribution >= 4 is 17.4 Å². The molecule has 2 aromatic rings. The molecular formula is C12H11N3O3S. The minimum atomic E-state index is -0.455. The van der Waals surface area contributed by atoms with Gasteiger partial charge in [0.1, 0.15) is 0 Å². The lowest BCUT2D eigenvalue weighted by Crippen LogP contribution is -2.17. The first-order valence-electron chi connectivity index (χ1n) is 5.82. The average molecular weight is 277 g/mol. The summed E-state index contributed by atoms with van der Waals surface area (Å²) in [4.78, 5) is 22.4. The lowest BCUT2D eigenvalue weighted by Gasteiger charge is -2.07. The van der Waals surface area contributed by atoms with E-state index in [0.29, 0.717) is 5.69 Å². The van der Waals surface area contributed by atoms with E-state index in [9.17, 15) is 14.9 Å². The molecule has 6 nitrogen and oxygen atoms in total. The van der Waals surface area contributed by atoms with Crippen molar-refractivity contribution in [3.63, 3.8) is 0 Å². The number of aryl methyl sites for hydroxylation is 1. The maximum Gasteiger partial charge on any atom is 0.275 e. The normalized spacial score (nSPS) is 14.1. The average Bonchev–Trinajstić information content (AvgIpc) is 2.77. The molecule has 1 N–H and O–H groups in total. The summed E-state index contributed by atoms with van der Waals surface area (Å²) in [6.07, 6.45) is 0.856. The van der Waals surface area contributed by atoms with Crippen LogP contribution in [-0.2, 0) is 12.2 Å². The molecule has 1 aliphatic rings. The Morgan fingerprint density at radius 1 is 1.32 bits per heavy atom. The van der Waals surface area contributed by atoms with Gasteiger partial charge in [0.05, 0.1) is 10.6 Å². The topological polar surface area (TPSA) is 80.9 Å². The van der Waals surface area contributed by atoms with Crippen LogP contribution in [-0.4, -0.2) is 20.5 Å². The molecule has 0 fully saturated rings. The Labute approximate surface area is 112 Å². The third kappa shape index (κ3) is 2.06. The standard InChI is InChI=1S/C12H11N3O3S/c16-12-10-7-19-6-5-11(10)13-14(12)8-1-3-9(4-2-8)15(17)18/h1-4,13H,5-7H2. The molecule has 0 spiro atoms. The molecule has 0 bridgehead atoms. The Kier molecular flexibility index (Phi) is 2.90. The maximum atomic E-state index is 12.2. The highest BCUT2D eigenvalue weighted by Crippen LogP contribution is 2.21. The number of thioether (sulfide) groups is 1. The zero-order valence-electron chi connectivity index (χ0n) is 9.96. The molecule has 1 aromatic heterocycles. The number of nitrogens with one attached hydrogen (secondary N) is 1. The Bertz CT molecular complexity index is 687. The highest BCUT2D eigenvalue weighted by atomic mass is 32.2. The Morgan fingerprint density at radius 3 is 2.68 bits per heavy atom. The van der Waals surface area contributed by atoms with Crippen molar-refractivity contribution in [2.45, 2.75) is 12.2 Å². The Morgan fingerprint density at radius 2 is 2.05 bits per heavy atom. The monoisotopic (exact) mass is 277 g/mol. The smallest absolute Gasteiger partial charge is 0.275 e. The zero-order chi connectivity index (χ0) is 13.4. The van der Waals surface area contributed by atoms with Gasteiger partial charge in [-0.15, -0.1) is 0 Å². The van der Waals surface area contributed by atoms with Crippen molar-refractivity contribution in [1.82, 2.24) is 9.78 Å². The number of benzene rings is 1. The van der Waals surface area contributed by atoms with Crippen molar-refractivity contribution in [2.24, 2.45) is 0 Å². The van der Waals surface area contributed by atoms with Gasteiger partial charge in [0, 0.05) is 29.1 Å². The van der Waals surface area contributed by atoms with Crippen LogP contribution in [0.4, 0.5) is 5.69 Å². The van der Waals surface area contributed by atoms with E-state index < -0.39 is 4.92 Å². The molecule has 7 heteroatoms. The number of nitrogens with zero attached hydrogens (tertiary/aromatic N) is 2. The Balaban J connectivity index is 2.05. The molecule has 19 heavy (non-hydrogen) atoms. The molecular weight excluding hydrogens is 266 g/mol. The number of aromatic nitrogens is 2. The van der Waals surface area contributed by atoms with Gasteiger partial charge in [0.2, 0.25) is 0 Å². The summed E-state index contributed by atoms with van der Waals surface area (Å²) in [6.45, 7) is 0. The molecule has 0 unspecified atom stereocenters. The summed E-state index contributed by atoms with van der Waals surface area (Å²) >= 11 is 1.74. The summed E-state index contributed by atoms with van der Waals surface area (Å²) < 4.78 is 1.46. The number of H-pyrrole nitrogens is 1. The third-order valence-electron chi connectivity index (χ3n) is 3.13. The van der Waals surface area contributed by atoms with E-state index in [1.54, 1.807) is 23.9 Å². The number of nitro groups is 1. The van der Waals surface area contributed by atoms with Crippen LogP contribution in [0.2, 0.25) is 0 Å². The number of aromatic amines is 1. The van der Waals surface area contributed by atoms with Gasteiger partial charge in [0.15, 0.2) is 0 Å². The van der Waals surface area contributed by atoms with Crippen LogP contribution in [0.5, 0.6) is 0 Å². The number of hydrogen-bond acceptors (Lipinski definition) is 4. The quantitative estimate of drug-likeness (QED) is 0.671. The number of fused-ring (bicyclic) bond motifs is 1. The van der Waals surface area contributed by atoms with Gasteiger partial charge in [-0.2, -0.15) is 11.8 Å². The predicted molar refractivity (Wildman–Crippen MR) is 72.9 cm³/mol. The van der Waals surface area contributed by atoms with E-state index in [-0.39, 0.29) is 11.2 Å².